The molecule has 2 N–H and O–H groups in total. The molecule has 0 saturated heterocycles. The minimum absolute atomic E-state index is 0.0593. The summed E-state index contributed by atoms with van der Waals surface area (Å²) in [7, 11) is 1.80. The van der Waals surface area contributed by atoms with Gasteiger partial charge in [0.1, 0.15) is 5.69 Å². The van der Waals surface area contributed by atoms with Crippen LogP contribution in [0, 0.1) is 5.92 Å². The average molecular weight is 211 g/mol. The zero-order chi connectivity index (χ0) is 11.4. The molecule has 0 saturated carbocycles. The summed E-state index contributed by atoms with van der Waals surface area (Å²) in [6.45, 7) is 3.83. The minimum Gasteiger partial charge on any atom is -0.394 e. The van der Waals surface area contributed by atoms with Gasteiger partial charge < -0.3 is 15.0 Å². The minimum atomic E-state index is -0.247. The first-order valence-corrected chi connectivity index (χ1v) is 4.94. The van der Waals surface area contributed by atoms with E-state index in [2.05, 4.69) is 10.3 Å². The average Bonchev–Trinajstić information content (AvgIpc) is 2.60. The Labute approximate surface area is 89.1 Å². The van der Waals surface area contributed by atoms with Crippen LogP contribution in [0.5, 0.6) is 0 Å². The van der Waals surface area contributed by atoms with E-state index in [9.17, 15) is 4.79 Å². The van der Waals surface area contributed by atoms with Gasteiger partial charge in [-0.25, -0.2) is 4.98 Å². The maximum Gasteiger partial charge on any atom is 0.271 e. The van der Waals surface area contributed by atoms with Crippen molar-refractivity contribution in [1.29, 1.82) is 0 Å². The summed E-state index contributed by atoms with van der Waals surface area (Å²) >= 11 is 0. The van der Waals surface area contributed by atoms with Crippen molar-refractivity contribution in [3.63, 3.8) is 0 Å². The summed E-state index contributed by atoms with van der Waals surface area (Å²) in [6.07, 6.45) is 3.21. The number of hydrogen-bond acceptors (Lipinski definition) is 3. The number of amides is 1. The van der Waals surface area contributed by atoms with Gasteiger partial charge in [0.15, 0.2) is 0 Å². The monoisotopic (exact) mass is 211 g/mol. The SMILES string of the molecule is CC(C)[C@@H](CO)NC(=O)c1cn(C)cn1. The first-order chi connectivity index (χ1) is 7.04. The van der Waals surface area contributed by atoms with Gasteiger partial charge in [-0.05, 0) is 5.92 Å². The van der Waals surface area contributed by atoms with Crippen LogP contribution in [-0.4, -0.2) is 33.2 Å². The van der Waals surface area contributed by atoms with Gasteiger partial charge in [0.05, 0.1) is 19.0 Å². The molecule has 0 aliphatic rings. The number of aliphatic hydroxyl groups excluding tert-OH is 1. The largest absolute Gasteiger partial charge is 0.394 e. The number of carbonyl (C=O) groups excluding carboxylic acids is 1. The molecule has 0 bridgehead atoms. The zero-order valence-electron chi connectivity index (χ0n) is 9.27. The zero-order valence-corrected chi connectivity index (χ0v) is 9.27. The lowest BCUT2D eigenvalue weighted by molar-refractivity contribution is 0.0892. The van der Waals surface area contributed by atoms with Crippen LogP contribution in [0.2, 0.25) is 0 Å². The molecule has 84 valence electrons. The number of nitrogens with one attached hydrogen (secondary N) is 1. The highest BCUT2D eigenvalue weighted by molar-refractivity contribution is 5.92. The molecule has 15 heavy (non-hydrogen) atoms. The van der Waals surface area contributed by atoms with E-state index in [-0.39, 0.29) is 24.5 Å². The van der Waals surface area contributed by atoms with Gasteiger partial charge in [0.2, 0.25) is 0 Å². The second kappa shape index (κ2) is 4.93. The predicted molar refractivity (Wildman–Crippen MR) is 56.4 cm³/mol. The molecule has 0 aliphatic carbocycles. The van der Waals surface area contributed by atoms with Crippen molar-refractivity contribution in [2.75, 3.05) is 6.61 Å². The third kappa shape index (κ3) is 3.06. The van der Waals surface area contributed by atoms with E-state index in [4.69, 9.17) is 5.11 Å². The molecule has 5 nitrogen and oxygen atoms in total. The van der Waals surface area contributed by atoms with Crippen molar-refractivity contribution in [2.45, 2.75) is 19.9 Å². The summed E-state index contributed by atoms with van der Waals surface area (Å²) < 4.78 is 1.71. The summed E-state index contributed by atoms with van der Waals surface area (Å²) in [5.41, 5.74) is 0.372. The fourth-order valence-corrected chi connectivity index (χ4v) is 1.20. The quantitative estimate of drug-likeness (QED) is 0.746. The van der Waals surface area contributed by atoms with Gasteiger partial charge in [0, 0.05) is 13.2 Å². The molecular weight excluding hydrogens is 194 g/mol. The second-order valence-electron chi connectivity index (χ2n) is 3.93. The summed E-state index contributed by atoms with van der Waals surface area (Å²) in [5, 5.41) is 11.8. The van der Waals surface area contributed by atoms with Crippen LogP contribution in [0.15, 0.2) is 12.5 Å². The summed E-state index contributed by atoms with van der Waals surface area (Å²) in [5.74, 6) is -0.0500. The van der Waals surface area contributed by atoms with Crippen molar-refractivity contribution in [3.8, 4) is 0 Å². The van der Waals surface area contributed by atoms with Crippen LogP contribution < -0.4 is 5.32 Å². The van der Waals surface area contributed by atoms with E-state index < -0.39 is 0 Å². The van der Waals surface area contributed by atoms with Crippen LogP contribution in [0.1, 0.15) is 24.3 Å². The summed E-state index contributed by atoms with van der Waals surface area (Å²) in [6, 6.07) is -0.223. The number of aryl methyl sites for hydroxylation is 1. The number of carbonyl (C=O) groups is 1. The third-order valence-corrected chi connectivity index (χ3v) is 2.26. The van der Waals surface area contributed by atoms with Crippen molar-refractivity contribution < 1.29 is 9.90 Å². The molecule has 0 aromatic carbocycles. The molecule has 1 heterocycles. The molecular formula is C10H17N3O2. The predicted octanol–water partition coefficient (Wildman–Crippen LogP) is 0.167. The van der Waals surface area contributed by atoms with Gasteiger partial charge in [-0.1, -0.05) is 13.8 Å². The van der Waals surface area contributed by atoms with E-state index in [1.54, 1.807) is 24.1 Å². The molecule has 1 amide bonds. The van der Waals surface area contributed by atoms with Crippen molar-refractivity contribution in [1.82, 2.24) is 14.9 Å². The highest BCUT2D eigenvalue weighted by Gasteiger charge is 2.17. The molecule has 5 heteroatoms. The number of imidazole rings is 1. The van der Waals surface area contributed by atoms with Crippen LogP contribution >= 0.6 is 0 Å². The number of hydrogen-bond donors (Lipinski definition) is 2. The maximum absolute atomic E-state index is 11.6. The lowest BCUT2D eigenvalue weighted by Gasteiger charge is -2.18. The number of nitrogens with zero attached hydrogens (tertiary/aromatic N) is 2. The number of rotatable bonds is 4. The molecule has 0 spiro atoms. The molecule has 1 atom stereocenters. The van der Waals surface area contributed by atoms with E-state index in [1.807, 2.05) is 13.8 Å². The Hall–Kier alpha value is -1.36. The van der Waals surface area contributed by atoms with E-state index in [0.29, 0.717) is 5.69 Å². The lowest BCUT2D eigenvalue weighted by Crippen LogP contribution is -2.41. The van der Waals surface area contributed by atoms with Crippen molar-refractivity contribution >= 4 is 5.91 Å². The van der Waals surface area contributed by atoms with Gasteiger partial charge in [-0.2, -0.15) is 0 Å². The van der Waals surface area contributed by atoms with Gasteiger partial charge in [-0.3, -0.25) is 4.79 Å². The Kier molecular flexibility index (Phi) is 3.85. The van der Waals surface area contributed by atoms with Gasteiger partial charge >= 0.3 is 0 Å². The van der Waals surface area contributed by atoms with E-state index in [1.165, 1.54) is 0 Å². The highest BCUT2D eigenvalue weighted by atomic mass is 16.3. The second-order valence-corrected chi connectivity index (χ2v) is 3.93. The Morgan fingerprint density at radius 1 is 1.67 bits per heavy atom. The number of aromatic nitrogens is 2. The topological polar surface area (TPSA) is 67.2 Å². The highest BCUT2D eigenvalue weighted by Crippen LogP contribution is 2.02. The fraction of sp³-hybridized carbons (Fsp3) is 0.600. The molecule has 1 aromatic heterocycles. The van der Waals surface area contributed by atoms with E-state index in [0.717, 1.165) is 0 Å². The smallest absolute Gasteiger partial charge is 0.271 e. The van der Waals surface area contributed by atoms with Crippen LogP contribution in [0.4, 0.5) is 0 Å². The van der Waals surface area contributed by atoms with Crippen molar-refractivity contribution in [3.05, 3.63) is 18.2 Å². The molecule has 1 aromatic rings. The van der Waals surface area contributed by atoms with Crippen LogP contribution in [-0.2, 0) is 7.05 Å². The Bertz CT molecular complexity index is 333. The molecule has 0 radical (unpaired) electrons. The standard InChI is InChI=1S/C10H17N3O2/c1-7(2)9(5-14)12-10(15)8-4-13(3)6-11-8/h4,6-7,9,14H,5H2,1-3H3,(H,12,15)/t9-/m1/s1. The van der Waals surface area contributed by atoms with Crippen LogP contribution in [0.25, 0.3) is 0 Å². The molecule has 0 unspecified atom stereocenters. The van der Waals surface area contributed by atoms with Crippen molar-refractivity contribution in [2.24, 2.45) is 13.0 Å². The maximum atomic E-state index is 11.6. The lowest BCUT2D eigenvalue weighted by atomic mass is 10.1. The normalized spacial score (nSPS) is 12.9. The fourth-order valence-electron chi connectivity index (χ4n) is 1.20. The van der Waals surface area contributed by atoms with Gasteiger partial charge in [0.25, 0.3) is 5.91 Å². The molecule has 1 rings (SSSR count). The first-order valence-electron chi connectivity index (χ1n) is 4.94. The van der Waals surface area contributed by atoms with E-state index >= 15 is 0 Å². The Balaban J connectivity index is 2.62. The van der Waals surface area contributed by atoms with Crippen LogP contribution in [0.3, 0.4) is 0 Å². The summed E-state index contributed by atoms with van der Waals surface area (Å²) in [4.78, 5) is 15.6. The first kappa shape index (κ1) is 11.7. The van der Waals surface area contributed by atoms with Gasteiger partial charge in [-0.15, -0.1) is 0 Å². The Morgan fingerprint density at radius 2 is 2.33 bits per heavy atom. The molecule has 0 aliphatic heterocycles. The molecule has 0 fully saturated rings. The third-order valence-electron chi connectivity index (χ3n) is 2.26. The number of aliphatic hydroxyl groups is 1. The Morgan fingerprint density at radius 3 is 2.73 bits per heavy atom.